The van der Waals surface area contributed by atoms with Crippen molar-refractivity contribution in [3.05, 3.63) is 77.9 Å². The van der Waals surface area contributed by atoms with Gasteiger partial charge in [0.15, 0.2) is 5.78 Å². The molecule has 0 spiro atoms. The molecular weight excluding hydrogens is 298 g/mol. The maximum Gasteiger partial charge on any atom is 0.188 e. The number of carbonyl (C=O) groups excluding carboxylic acids is 1. The lowest BCUT2D eigenvalue weighted by Crippen LogP contribution is -2.14. The molecule has 4 nitrogen and oxygen atoms in total. The van der Waals surface area contributed by atoms with Crippen LogP contribution in [-0.2, 0) is 0 Å². The normalized spacial score (nSPS) is 15.0. The van der Waals surface area contributed by atoms with Crippen molar-refractivity contribution >= 4 is 39.3 Å². The molecule has 0 aromatic heterocycles. The van der Waals surface area contributed by atoms with Gasteiger partial charge in [0.25, 0.3) is 0 Å². The number of rotatable bonds is 1. The Balaban J connectivity index is 1.97. The summed E-state index contributed by atoms with van der Waals surface area (Å²) in [5, 5.41) is 1.93. The van der Waals surface area contributed by atoms with Gasteiger partial charge < -0.3 is 11.5 Å². The van der Waals surface area contributed by atoms with Gasteiger partial charge in [0, 0.05) is 22.3 Å². The van der Waals surface area contributed by atoms with E-state index >= 15 is 0 Å². The molecule has 0 saturated carbocycles. The van der Waals surface area contributed by atoms with Gasteiger partial charge in [0.05, 0.1) is 17.0 Å². The zero-order valence-corrected chi connectivity index (χ0v) is 12.9. The predicted molar refractivity (Wildman–Crippen MR) is 98.9 cm³/mol. The Labute approximate surface area is 139 Å². The standard InChI is InChI=1S/C20H15N3O/c21-14-7-1-4-12-5-2-9-17(19(12)14)23-16-10-11-18(24)20-13(16)6-3-8-15(20)22/h1-11H,21-22H2. The molecule has 0 aliphatic heterocycles. The molecule has 0 bridgehead atoms. The van der Waals surface area contributed by atoms with E-state index in [0.29, 0.717) is 22.6 Å². The Bertz CT molecular complexity index is 1040. The quantitative estimate of drug-likeness (QED) is 0.669. The number of nitrogens with zero attached hydrogens (tertiary/aromatic N) is 1. The summed E-state index contributed by atoms with van der Waals surface area (Å²) >= 11 is 0. The number of hydrogen-bond acceptors (Lipinski definition) is 4. The monoisotopic (exact) mass is 313 g/mol. The van der Waals surface area contributed by atoms with E-state index in [-0.39, 0.29) is 5.78 Å². The fraction of sp³-hybridized carbons (Fsp3) is 0. The Hall–Kier alpha value is -3.40. The Morgan fingerprint density at radius 1 is 0.792 bits per heavy atom. The van der Waals surface area contributed by atoms with Crippen LogP contribution in [0.3, 0.4) is 0 Å². The number of hydrogen-bond donors (Lipinski definition) is 2. The van der Waals surface area contributed by atoms with E-state index < -0.39 is 0 Å². The second-order valence-corrected chi connectivity index (χ2v) is 5.69. The summed E-state index contributed by atoms with van der Waals surface area (Å²) in [7, 11) is 0. The summed E-state index contributed by atoms with van der Waals surface area (Å²) in [6, 6.07) is 17.1. The van der Waals surface area contributed by atoms with E-state index in [1.807, 2.05) is 48.5 Å². The number of aliphatic imine (C=N–C) groups is 1. The molecule has 0 atom stereocenters. The Kier molecular flexibility index (Phi) is 3.17. The van der Waals surface area contributed by atoms with Crippen LogP contribution in [0.15, 0.2) is 71.7 Å². The minimum atomic E-state index is -0.0977. The van der Waals surface area contributed by atoms with E-state index in [0.717, 1.165) is 22.0 Å². The molecule has 3 aromatic rings. The van der Waals surface area contributed by atoms with Crippen LogP contribution in [-0.4, -0.2) is 11.5 Å². The van der Waals surface area contributed by atoms with Crippen LogP contribution in [0.4, 0.5) is 17.1 Å². The van der Waals surface area contributed by atoms with Crippen molar-refractivity contribution in [3.63, 3.8) is 0 Å². The second kappa shape index (κ2) is 5.35. The van der Waals surface area contributed by atoms with Crippen LogP contribution >= 0.6 is 0 Å². The number of nitrogen functional groups attached to an aromatic ring is 2. The molecule has 3 aromatic carbocycles. The Morgan fingerprint density at radius 2 is 1.50 bits per heavy atom. The van der Waals surface area contributed by atoms with Gasteiger partial charge in [-0.25, -0.2) is 4.99 Å². The summed E-state index contributed by atoms with van der Waals surface area (Å²) in [6.45, 7) is 0. The topological polar surface area (TPSA) is 81.5 Å². The van der Waals surface area contributed by atoms with E-state index in [1.165, 1.54) is 6.08 Å². The van der Waals surface area contributed by atoms with E-state index in [9.17, 15) is 4.79 Å². The van der Waals surface area contributed by atoms with Crippen molar-refractivity contribution in [2.45, 2.75) is 0 Å². The summed E-state index contributed by atoms with van der Waals surface area (Å²) in [6.07, 6.45) is 3.23. The minimum absolute atomic E-state index is 0.0977. The van der Waals surface area contributed by atoms with Gasteiger partial charge in [0.2, 0.25) is 0 Å². The van der Waals surface area contributed by atoms with Gasteiger partial charge in [-0.1, -0.05) is 36.4 Å². The van der Waals surface area contributed by atoms with Gasteiger partial charge >= 0.3 is 0 Å². The average molecular weight is 313 g/mol. The summed E-state index contributed by atoms with van der Waals surface area (Å²) in [4.78, 5) is 16.9. The number of anilines is 2. The van der Waals surface area contributed by atoms with Crippen LogP contribution in [0.5, 0.6) is 0 Å². The maximum absolute atomic E-state index is 12.1. The van der Waals surface area contributed by atoms with E-state index in [1.54, 1.807) is 12.1 Å². The van der Waals surface area contributed by atoms with E-state index in [2.05, 4.69) is 0 Å². The molecule has 1 aliphatic carbocycles. The van der Waals surface area contributed by atoms with Gasteiger partial charge in [-0.15, -0.1) is 0 Å². The molecular formula is C20H15N3O. The van der Waals surface area contributed by atoms with Gasteiger partial charge in [0.1, 0.15) is 0 Å². The lowest BCUT2D eigenvalue weighted by Gasteiger charge is -2.15. The largest absolute Gasteiger partial charge is 0.398 e. The van der Waals surface area contributed by atoms with Crippen LogP contribution in [0.1, 0.15) is 15.9 Å². The average Bonchev–Trinajstić information content (AvgIpc) is 2.58. The van der Waals surface area contributed by atoms with Crippen molar-refractivity contribution in [2.75, 3.05) is 11.5 Å². The highest BCUT2D eigenvalue weighted by Crippen LogP contribution is 2.32. The zero-order valence-electron chi connectivity index (χ0n) is 12.9. The molecule has 4 N–H and O–H groups in total. The van der Waals surface area contributed by atoms with Gasteiger partial charge in [-0.2, -0.15) is 0 Å². The summed E-state index contributed by atoms with van der Waals surface area (Å²) in [5.74, 6) is -0.0977. The molecule has 116 valence electrons. The first-order chi connectivity index (χ1) is 11.6. The highest BCUT2D eigenvalue weighted by molar-refractivity contribution is 6.26. The van der Waals surface area contributed by atoms with Crippen LogP contribution in [0.2, 0.25) is 0 Å². The highest BCUT2D eigenvalue weighted by atomic mass is 16.1. The molecule has 0 unspecified atom stereocenters. The number of fused-ring (bicyclic) bond motifs is 2. The SMILES string of the molecule is Nc1cccc2c1C(=O)C=CC2=Nc1cccc2cccc(N)c12. The van der Waals surface area contributed by atoms with Crippen molar-refractivity contribution in [1.29, 1.82) is 0 Å². The first kappa shape index (κ1) is 14.2. The molecule has 0 saturated heterocycles. The molecule has 4 rings (SSSR count). The van der Waals surface area contributed by atoms with Crippen molar-refractivity contribution < 1.29 is 4.79 Å². The Morgan fingerprint density at radius 3 is 2.33 bits per heavy atom. The maximum atomic E-state index is 12.1. The first-order valence-electron chi connectivity index (χ1n) is 7.62. The second-order valence-electron chi connectivity index (χ2n) is 5.69. The third-order valence-electron chi connectivity index (χ3n) is 4.17. The fourth-order valence-electron chi connectivity index (χ4n) is 3.06. The number of ketones is 1. The fourth-order valence-corrected chi connectivity index (χ4v) is 3.06. The van der Waals surface area contributed by atoms with E-state index in [4.69, 9.17) is 16.5 Å². The lowest BCUT2D eigenvalue weighted by molar-refractivity contribution is 0.104. The summed E-state index contributed by atoms with van der Waals surface area (Å²) < 4.78 is 0. The lowest BCUT2D eigenvalue weighted by atomic mass is 9.92. The zero-order chi connectivity index (χ0) is 16.7. The minimum Gasteiger partial charge on any atom is -0.398 e. The van der Waals surface area contributed by atoms with Crippen LogP contribution < -0.4 is 11.5 Å². The number of carbonyl (C=O) groups is 1. The number of benzene rings is 3. The number of allylic oxidation sites excluding steroid dienone is 2. The van der Waals surface area contributed by atoms with Crippen LogP contribution in [0.25, 0.3) is 10.8 Å². The smallest absolute Gasteiger partial charge is 0.188 e. The molecule has 1 aliphatic rings. The van der Waals surface area contributed by atoms with Crippen molar-refractivity contribution in [2.24, 2.45) is 4.99 Å². The first-order valence-corrected chi connectivity index (χ1v) is 7.62. The third-order valence-corrected chi connectivity index (χ3v) is 4.17. The highest BCUT2D eigenvalue weighted by Gasteiger charge is 2.20. The third kappa shape index (κ3) is 2.16. The molecule has 24 heavy (non-hydrogen) atoms. The summed E-state index contributed by atoms with van der Waals surface area (Å²) in [5.41, 5.74) is 16.0. The van der Waals surface area contributed by atoms with Crippen LogP contribution in [0, 0.1) is 0 Å². The van der Waals surface area contributed by atoms with Crippen molar-refractivity contribution in [3.8, 4) is 0 Å². The molecule has 0 heterocycles. The molecule has 0 fully saturated rings. The molecule has 0 amide bonds. The molecule has 4 heteroatoms. The molecule has 0 radical (unpaired) electrons. The number of nitrogens with two attached hydrogens (primary N) is 2. The predicted octanol–water partition coefficient (Wildman–Crippen LogP) is 3.88. The van der Waals surface area contributed by atoms with Crippen molar-refractivity contribution in [1.82, 2.24) is 0 Å². The van der Waals surface area contributed by atoms with Gasteiger partial charge in [-0.3, -0.25) is 4.79 Å². The van der Waals surface area contributed by atoms with Gasteiger partial charge in [-0.05, 0) is 35.7 Å².